The first-order valence-corrected chi connectivity index (χ1v) is 10.3. The lowest BCUT2D eigenvalue weighted by Crippen LogP contribution is -2.24. The van der Waals surface area contributed by atoms with Gasteiger partial charge in [-0.15, -0.1) is 0 Å². The highest BCUT2D eigenvalue weighted by molar-refractivity contribution is 8.66. The van der Waals surface area contributed by atoms with Crippen LogP contribution in [0.3, 0.4) is 0 Å². The Bertz CT molecular complexity index is 891. The van der Waals surface area contributed by atoms with Gasteiger partial charge in [0.2, 0.25) is 0 Å². The molecule has 4 N–H and O–H groups in total. The van der Waals surface area contributed by atoms with E-state index in [-0.39, 0.29) is 4.90 Å². The molecule has 0 bridgehead atoms. The third-order valence-electron chi connectivity index (χ3n) is 2.92. The Morgan fingerprint density at radius 2 is 1.43 bits per heavy atom. The standard InChI is InChI=1S/C12H14N2O4S2.C2H7N/c1-14(2)11-7-3-6-10-9(11)5-4-8-12(10)19(15,16)20(13,17)18;1-2-3/h3-8H,1-2H3,(H2,13,17,18);2-3H2,1H3. The van der Waals surface area contributed by atoms with Crippen molar-refractivity contribution in [3.8, 4) is 0 Å². The highest BCUT2D eigenvalue weighted by Crippen LogP contribution is 2.31. The van der Waals surface area contributed by atoms with E-state index in [2.05, 4.69) is 0 Å². The molecule has 0 atom stereocenters. The quantitative estimate of drug-likeness (QED) is 0.783. The zero-order valence-corrected chi connectivity index (χ0v) is 14.9. The van der Waals surface area contributed by atoms with Crippen LogP contribution < -0.4 is 15.8 Å². The van der Waals surface area contributed by atoms with Crippen molar-refractivity contribution >= 4 is 34.4 Å². The minimum absolute atomic E-state index is 0.304. The van der Waals surface area contributed by atoms with Crippen LogP contribution in [0.4, 0.5) is 5.69 Å². The van der Waals surface area contributed by atoms with E-state index < -0.39 is 17.9 Å². The van der Waals surface area contributed by atoms with E-state index in [0.29, 0.717) is 10.8 Å². The van der Waals surface area contributed by atoms with Crippen LogP contribution in [0.2, 0.25) is 0 Å². The number of fused-ring (bicyclic) bond motifs is 1. The molecule has 0 amide bonds. The predicted molar refractivity (Wildman–Crippen MR) is 93.3 cm³/mol. The molecule has 0 aliphatic rings. The lowest BCUT2D eigenvalue weighted by Gasteiger charge is -2.16. The fourth-order valence-electron chi connectivity index (χ4n) is 2.00. The highest BCUT2D eigenvalue weighted by Gasteiger charge is 2.29. The first kappa shape index (κ1) is 19.4. The third kappa shape index (κ3) is 3.99. The lowest BCUT2D eigenvalue weighted by atomic mass is 10.1. The molecule has 0 unspecified atom stereocenters. The van der Waals surface area contributed by atoms with Crippen LogP contribution in [-0.4, -0.2) is 37.5 Å². The predicted octanol–water partition coefficient (Wildman–Crippen LogP) is 0.848. The number of nitrogens with two attached hydrogens (primary N) is 2. The summed E-state index contributed by atoms with van der Waals surface area (Å²) >= 11 is 0. The smallest absolute Gasteiger partial charge is 0.319 e. The van der Waals surface area contributed by atoms with Gasteiger partial charge in [0.05, 0.1) is 4.90 Å². The van der Waals surface area contributed by atoms with E-state index >= 15 is 0 Å². The first-order valence-electron chi connectivity index (χ1n) is 6.74. The van der Waals surface area contributed by atoms with Crippen LogP contribution in [-0.2, 0) is 17.9 Å². The molecule has 0 aliphatic heterocycles. The Kier molecular flexibility index (Phi) is 6.11. The monoisotopic (exact) mass is 359 g/mol. The number of hydrogen-bond donors (Lipinski definition) is 2. The molecule has 7 nitrogen and oxygen atoms in total. The second kappa shape index (κ2) is 7.26. The Morgan fingerprint density at radius 3 is 1.91 bits per heavy atom. The van der Waals surface area contributed by atoms with Crippen LogP contribution in [0.5, 0.6) is 0 Å². The molecule has 0 aliphatic carbocycles. The molecule has 23 heavy (non-hydrogen) atoms. The normalized spacial score (nSPS) is 11.7. The Hall–Kier alpha value is -1.68. The summed E-state index contributed by atoms with van der Waals surface area (Å²) in [6.07, 6.45) is 0. The summed E-state index contributed by atoms with van der Waals surface area (Å²) < 4.78 is 46.6. The number of benzene rings is 2. The van der Waals surface area contributed by atoms with Gasteiger partial charge in [0.15, 0.2) is 0 Å². The zero-order chi connectivity index (χ0) is 17.8. The number of nitrogens with zero attached hydrogens (tertiary/aromatic N) is 1. The second-order valence-corrected chi connectivity index (χ2v) is 9.92. The van der Waals surface area contributed by atoms with Gasteiger partial charge in [-0.1, -0.05) is 31.2 Å². The maximum Gasteiger partial charge on any atom is 0.319 e. The van der Waals surface area contributed by atoms with Gasteiger partial charge in [0, 0.05) is 30.6 Å². The molecule has 128 valence electrons. The summed E-state index contributed by atoms with van der Waals surface area (Å²) in [4.78, 5) is 1.51. The maximum atomic E-state index is 12.0. The van der Waals surface area contributed by atoms with Crippen LogP contribution in [0, 0.1) is 0 Å². The SMILES string of the molecule is CCN.CN(C)c1cccc2c(S(=O)(=O)S(N)(=O)=O)cccc12. The molecule has 2 rings (SSSR count). The van der Waals surface area contributed by atoms with E-state index in [4.69, 9.17) is 10.9 Å². The summed E-state index contributed by atoms with van der Waals surface area (Å²) in [6.45, 7) is 2.65. The van der Waals surface area contributed by atoms with Crippen LogP contribution >= 0.6 is 0 Å². The molecule has 2 aromatic rings. The summed E-state index contributed by atoms with van der Waals surface area (Å²) in [6, 6.07) is 9.50. The summed E-state index contributed by atoms with van der Waals surface area (Å²) in [5.74, 6) is 0. The molecule has 2 aromatic carbocycles. The summed E-state index contributed by atoms with van der Waals surface area (Å²) in [7, 11) is -5.71. The van der Waals surface area contributed by atoms with Gasteiger partial charge < -0.3 is 10.6 Å². The van der Waals surface area contributed by atoms with E-state index in [0.717, 1.165) is 12.2 Å². The van der Waals surface area contributed by atoms with Crippen molar-refractivity contribution in [2.75, 3.05) is 25.5 Å². The highest BCUT2D eigenvalue weighted by atomic mass is 33.2. The number of hydrogen-bond acceptors (Lipinski definition) is 6. The van der Waals surface area contributed by atoms with Crippen LogP contribution in [0.25, 0.3) is 10.8 Å². The Labute approximate surface area is 136 Å². The second-order valence-electron chi connectivity index (χ2n) is 4.88. The van der Waals surface area contributed by atoms with E-state index in [1.807, 2.05) is 32.0 Å². The lowest BCUT2D eigenvalue weighted by molar-refractivity contribution is 0.584. The average Bonchev–Trinajstić information content (AvgIpc) is 2.45. The average molecular weight is 359 g/mol. The third-order valence-corrected chi connectivity index (χ3v) is 6.80. The van der Waals surface area contributed by atoms with Gasteiger partial charge >= 0.3 is 9.06 Å². The molecule has 0 aromatic heterocycles. The maximum absolute atomic E-state index is 12.0. The molecule has 0 heterocycles. The minimum Gasteiger partial charge on any atom is -0.377 e. The van der Waals surface area contributed by atoms with Crippen molar-refractivity contribution in [1.29, 1.82) is 0 Å². The minimum atomic E-state index is -4.72. The molecule has 0 saturated carbocycles. The van der Waals surface area contributed by atoms with Crippen molar-refractivity contribution in [2.24, 2.45) is 10.9 Å². The first-order chi connectivity index (χ1) is 10.6. The topological polar surface area (TPSA) is 124 Å². The fourth-order valence-corrected chi connectivity index (χ4v) is 4.13. The zero-order valence-electron chi connectivity index (χ0n) is 13.2. The number of anilines is 1. The van der Waals surface area contributed by atoms with E-state index in [9.17, 15) is 16.8 Å². The van der Waals surface area contributed by atoms with Crippen LogP contribution in [0.15, 0.2) is 41.3 Å². The number of rotatable bonds is 3. The van der Waals surface area contributed by atoms with E-state index in [1.165, 1.54) is 12.1 Å². The molecule has 0 fully saturated rings. The summed E-state index contributed by atoms with van der Waals surface area (Å²) in [5.41, 5.74) is 5.63. The van der Waals surface area contributed by atoms with Crippen molar-refractivity contribution in [3.05, 3.63) is 36.4 Å². The van der Waals surface area contributed by atoms with Crippen molar-refractivity contribution in [3.63, 3.8) is 0 Å². The molecule has 0 saturated heterocycles. The Morgan fingerprint density at radius 1 is 0.957 bits per heavy atom. The van der Waals surface area contributed by atoms with Gasteiger partial charge in [0.25, 0.3) is 8.87 Å². The largest absolute Gasteiger partial charge is 0.377 e. The molecule has 0 spiro atoms. The molecule has 9 heteroatoms. The van der Waals surface area contributed by atoms with Crippen molar-refractivity contribution in [1.82, 2.24) is 0 Å². The van der Waals surface area contributed by atoms with Gasteiger partial charge in [0.1, 0.15) is 0 Å². The van der Waals surface area contributed by atoms with Gasteiger partial charge in [-0.25, -0.2) is 13.6 Å². The fraction of sp³-hybridized carbons (Fsp3) is 0.286. The Balaban J connectivity index is 0.000000816. The van der Waals surface area contributed by atoms with E-state index in [1.54, 1.807) is 18.2 Å². The van der Waals surface area contributed by atoms with Crippen molar-refractivity contribution < 1.29 is 16.8 Å². The van der Waals surface area contributed by atoms with Gasteiger partial charge in [-0.2, -0.15) is 8.42 Å². The van der Waals surface area contributed by atoms with Gasteiger partial charge in [-0.05, 0) is 18.7 Å². The molecule has 0 radical (unpaired) electrons. The van der Waals surface area contributed by atoms with Crippen molar-refractivity contribution in [2.45, 2.75) is 11.8 Å². The van der Waals surface area contributed by atoms with Crippen LogP contribution in [0.1, 0.15) is 6.92 Å². The molecular weight excluding hydrogens is 338 g/mol. The summed E-state index contributed by atoms with van der Waals surface area (Å²) in [5, 5.41) is 5.78. The molecular formula is C14H21N3O4S2. The van der Waals surface area contributed by atoms with Gasteiger partial charge in [-0.3, -0.25) is 0 Å².